The van der Waals surface area contributed by atoms with Gasteiger partial charge in [-0.2, -0.15) is 18.4 Å². The van der Waals surface area contributed by atoms with Crippen LogP contribution in [0.3, 0.4) is 0 Å². The topological polar surface area (TPSA) is 91.2 Å². The molecular weight excluding hydrogens is 410 g/mol. The third-order valence-electron chi connectivity index (χ3n) is 5.45. The summed E-state index contributed by atoms with van der Waals surface area (Å²) >= 11 is 6.11. The van der Waals surface area contributed by atoms with Gasteiger partial charge in [0.25, 0.3) is 10.2 Å². The Morgan fingerprint density at radius 2 is 1.69 bits per heavy atom. The Balaban J connectivity index is 1.76. The van der Waals surface area contributed by atoms with Gasteiger partial charge in [0.05, 0.1) is 10.6 Å². The third kappa shape index (κ3) is 4.20. The molecule has 1 saturated carbocycles. The summed E-state index contributed by atoms with van der Waals surface area (Å²) in [5.74, 6) is 0.545. The molecule has 2 N–H and O–H groups in total. The van der Waals surface area contributed by atoms with E-state index in [9.17, 15) is 8.42 Å². The standard InChI is InChI=1S/C21H24ClN3O3S/c1-20(2)18(25-29(26,27)24-15-8-6-5-7-9-15)21(3,4)19(20)28-16-11-10-14(13-23)17(22)12-16/h5-12,18-19,24-25H,1-4H3. The first-order chi connectivity index (χ1) is 13.5. The molecule has 8 heteroatoms. The third-order valence-corrected chi connectivity index (χ3v) is 6.82. The average molecular weight is 434 g/mol. The second-order valence-corrected chi connectivity index (χ2v) is 10.3. The normalized spacial score (nSPS) is 22.2. The van der Waals surface area contributed by atoms with Gasteiger partial charge in [-0.15, -0.1) is 0 Å². The van der Waals surface area contributed by atoms with Crippen molar-refractivity contribution >= 4 is 27.5 Å². The first-order valence-electron chi connectivity index (χ1n) is 9.19. The number of nitrogens with zero attached hydrogens (tertiary/aromatic N) is 1. The van der Waals surface area contributed by atoms with E-state index in [0.29, 0.717) is 22.0 Å². The van der Waals surface area contributed by atoms with Gasteiger partial charge in [0.1, 0.15) is 17.9 Å². The molecule has 1 aliphatic carbocycles. The summed E-state index contributed by atoms with van der Waals surface area (Å²) in [5.41, 5.74) is -0.0799. The molecule has 0 bridgehead atoms. The van der Waals surface area contributed by atoms with Crippen molar-refractivity contribution in [3.05, 3.63) is 59.1 Å². The lowest BCUT2D eigenvalue weighted by Crippen LogP contribution is -2.75. The fourth-order valence-corrected chi connectivity index (χ4v) is 6.01. The maximum Gasteiger partial charge on any atom is 0.299 e. The largest absolute Gasteiger partial charge is 0.489 e. The zero-order valence-electron chi connectivity index (χ0n) is 16.7. The van der Waals surface area contributed by atoms with E-state index >= 15 is 0 Å². The van der Waals surface area contributed by atoms with Crippen molar-refractivity contribution in [3.63, 3.8) is 0 Å². The van der Waals surface area contributed by atoms with Gasteiger partial charge in [-0.05, 0) is 24.3 Å². The number of rotatable bonds is 6. The van der Waals surface area contributed by atoms with Gasteiger partial charge in [-0.3, -0.25) is 4.72 Å². The monoisotopic (exact) mass is 433 g/mol. The van der Waals surface area contributed by atoms with E-state index in [2.05, 4.69) is 9.44 Å². The molecule has 1 aliphatic rings. The minimum atomic E-state index is -3.76. The van der Waals surface area contributed by atoms with Gasteiger partial charge in [0.2, 0.25) is 0 Å². The maximum absolute atomic E-state index is 12.6. The summed E-state index contributed by atoms with van der Waals surface area (Å²) in [6.07, 6.45) is -0.261. The minimum Gasteiger partial charge on any atom is -0.489 e. The van der Waals surface area contributed by atoms with E-state index < -0.39 is 21.0 Å². The Labute approximate surface area is 177 Å². The molecular formula is C21H24ClN3O3S. The summed E-state index contributed by atoms with van der Waals surface area (Å²) in [6.45, 7) is 7.85. The highest BCUT2D eigenvalue weighted by molar-refractivity contribution is 7.90. The number of para-hydroxylation sites is 1. The summed E-state index contributed by atoms with van der Waals surface area (Å²) in [4.78, 5) is 0. The van der Waals surface area contributed by atoms with Crippen LogP contribution in [0.2, 0.25) is 5.02 Å². The van der Waals surface area contributed by atoms with Crippen molar-refractivity contribution in [1.82, 2.24) is 4.72 Å². The lowest BCUT2D eigenvalue weighted by atomic mass is 9.50. The zero-order valence-corrected chi connectivity index (χ0v) is 18.3. The van der Waals surface area contributed by atoms with Crippen molar-refractivity contribution < 1.29 is 13.2 Å². The van der Waals surface area contributed by atoms with Crippen molar-refractivity contribution in [2.45, 2.75) is 39.8 Å². The Morgan fingerprint density at radius 3 is 2.24 bits per heavy atom. The van der Waals surface area contributed by atoms with E-state index in [1.54, 1.807) is 42.5 Å². The fourth-order valence-electron chi connectivity index (χ4n) is 4.37. The van der Waals surface area contributed by atoms with Crippen molar-refractivity contribution in [3.8, 4) is 11.8 Å². The highest BCUT2D eigenvalue weighted by Crippen LogP contribution is 2.55. The molecule has 1 fully saturated rings. The van der Waals surface area contributed by atoms with Gasteiger partial charge in [0, 0.05) is 28.6 Å². The molecule has 29 heavy (non-hydrogen) atoms. The van der Waals surface area contributed by atoms with Crippen LogP contribution in [0, 0.1) is 22.2 Å². The van der Waals surface area contributed by atoms with Crippen LogP contribution >= 0.6 is 11.6 Å². The van der Waals surface area contributed by atoms with E-state index in [1.165, 1.54) is 0 Å². The lowest BCUT2D eigenvalue weighted by Gasteiger charge is -2.62. The molecule has 0 aromatic heterocycles. The number of benzene rings is 2. The molecule has 0 heterocycles. The summed E-state index contributed by atoms with van der Waals surface area (Å²) in [7, 11) is -3.76. The molecule has 0 unspecified atom stereocenters. The van der Waals surface area contributed by atoms with Gasteiger partial charge < -0.3 is 4.74 Å². The highest BCUT2D eigenvalue weighted by atomic mass is 35.5. The Kier molecular flexibility index (Phi) is 5.56. The summed E-state index contributed by atoms with van der Waals surface area (Å²) in [5, 5.41) is 9.34. The van der Waals surface area contributed by atoms with Crippen LogP contribution in [0.15, 0.2) is 48.5 Å². The molecule has 154 valence electrons. The second kappa shape index (κ2) is 7.52. The van der Waals surface area contributed by atoms with Crippen LogP contribution in [0.4, 0.5) is 5.69 Å². The van der Waals surface area contributed by atoms with Gasteiger partial charge in [-0.25, -0.2) is 0 Å². The molecule has 0 radical (unpaired) electrons. The van der Waals surface area contributed by atoms with E-state index in [1.807, 2.05) is 39.8 Å². The van der Waals surface area contributed by atoms with Crippen molar-refractivity contribution in [2.24, 2.45) is 10.8 Å². The van der Waals surface area contributed by atoms with Crippen LogP contribution in [0.5, 0.6) is 5.75 Å². The predicted molar refractivity (Wildman–Crippen MR) is 114 cm³/mol. The minimum absolute atomic E-state index is 0.261. The molecule has 0 aliphatic heterocycles. The maximum atomic E-state index is 12.6. The number of hydrogen-bond acceptors (Lipinski definition) is 4. The molecule has 2 aromatic rings. The van der Waals surface area contributed by atoms with Crippen molar-refractivity contribution in [1.29, 1.82) is 5.26 Å². The quantitative estimate of drug-likeness (QED) is 0.708. The molecule has 0 saturated heterocycles. The smallest absolute Gasteiger partial charge is 0.299 e. The number of hydrogen-bond donors (Lipinski definition) is 2. The van der Waals surface area contributed by atoms with E-state index in [0.717, 1.165) is 0 Å². The van der Waals surface area contributed by atoms with Crippen LogP contribution in [0.1, 0.15) is 33.3 Å². The number of halogens is 1. The Bertz CT molecular complexity index is 1030. The van der Waals surface area contributed by atoms with Crippen LogP contribution in [0.25, 0.3) is 0 Å². The number of anilines is 1. The van der Waals surface area contributed by atoms with Crippen LogP contribution < -0.4 is 14.2 Å². The SMILES string of the molecule is CC1(C)C(NS(=O)(=O)Nc2ccccc2)C(C)(C)C1Oc1ccc(C#N)c(Cl)c1. The van der Waals surface area contributed by atoms with Crippen molar-refractivity contribution in [2.75, 3.05) is 4.72 Å². The van der Waals surface area contributed by atoms with E-state index in [4.69, 9.17) is 21.6 Å². The van der Waals surface area contributed by atoms with E-state index in [-0.39, 0.29) is 12.1 Å². The first kappa shape index (κ1) is 21.4. The highest BCUT2D eigenvalue weighted by Gasteiger charge is 2.64. The molecule has 0 amide bonds. The molecule has 6 nitrogen and oxygen atoms in total. The van der Waals surface area contributed by atoms with Gasteiger partial charge in [-0.1, -0.05) is 57.5 Å². The molecule has 3 rings (SSSR count). The zero-order chi connectivity index (χ0) is 21.4. The fraction of sp³-hybridized carbons (Fsp3) is 0.381. The van der Waals surface area contributed by atoms with Crippen LogP contribution in [-0.2, 0) is 10.2 Å². The predicted octanol–water partition coefficient (Wildman–Crippen LogP) is 4.34. The molecule has 2 aromatic carbocycles. The Morgan fingerprint density at radius 1 is 1.07 bits per heavy atom. The number of ether oxygens (including phenoxy) is 1. The van der Waals surface area contributed by atoms with Crippen LogP contribution in [-0.4, -0.2) is 20.6 Å². The first-order valence-corrected chi connectivity index (χ1v) is 11.0. The molecule has 0 spiro atoms. The van der Waals surface area contributed by atoms with Gasteiger partial charge >= 0.3 is 0 Å². The summed E-state index contributed by atoms with van der Waals surface area (Å²) < 4.78 is 36.8. The molecule has 0 atom stereocenters. The summed E-state index contributed by atoms with van der Waals surface area (Å²) in [6, 6.07) is 15.3. The number of nitriles is 1. The van der Waals surface area contributed by atoms with Gasteiger partial charge in [0.15, 0.2) is 0 Å². The Hall–Kier alpha value is -2.27. The second-order valence-electron chi connectivity index (χ2n) is 8.42. The average Bonchev–Trinajstić information content (AvgIpc) is 2.64. The number of nitrogens with one attached hydrogen (secondary N) is 2. The lowest BCUT2D eigenvalue weighted by molar-refractivity contribution is -0.161.